The highest BCUT2D eigenvalue weighted by molar-refractivity contribution is 5.69. The molecule has 1 saturated carbocycles. The molecule has 0 aromatic carbocycles. The summed E-state index contributed by atoms with van der Waals surface area (Å²) in [5.41, 5.74) is -4.09. The first-order chi connectivity index (χ1) is 25.0. The van der Waals surface area contributed by atoms with Crippen molar-refractivity contribution in [1.82, 2.24) is 0 Å². The molecule has 54 heavy (non-hydrogen) atoms. The second kappa shape index (κ2) is 18.3. The summed E-state index contributed by atoms with van der Waals surface area (Å²) < 4.78 is 56.2. The zero-order valence-electron chi connectivity index (χ0n) is 32.4. The highest BCUT2D eigenvalue weighted by Crippen LogP contribution is 2.49. The van der Waals surface area contributed by atoms with Crippen LogP contribution in [0, 0.1) is 11.3 Å². The molecule has 2 N–H and O–H groups in total. The zero-order valence-corrected chi connectivity index (χ0v) is 32.4. The number of hydrogen-bond donors (Lipinski definition) is 2. The van der Waals surface area contributed by atoms with Crippen molar-refractivity contribution < 1.29 is 86.3 Å². The smallest absolute Gasteiger partial charge is 0.303 e. The van der Waals surface area contributed by atoms with Crippen molar-refractivity contribution in [3.63, 3.8) is 0 Å². The molecule has 306 valence electrons. The van der Waals surface area contributed by atoms with Gasteiger partial charge in [-0.25, -0.2) is 0 Å². The van der Waals surface area contributed by atoms with Gasteiger partial charge < -0.3 is 57.6 Å². The number of rotatable bonds is 14. The molecule has 3 fully saturated rings. The Labute approximate surface area is 313 Å². The van der Waals surface area contributed by atoms with Crippen molar-refractivity contribution in [2.45, 2.75) is 149 Å². The quantitative estimate of drug-likeness (QED) is 0.143. The fraction of sp³-hybridized carbons (Fsp3) is 0.778. The summed E-state index contributed by atoms with van der Waals surface area (Å²) in [6.45, 7) is 12.5. The van der Waals surface area contributed by atoms with Crippen LogP contribution in [0.5, 0.6) is 0 Å². The molecule has 0 amide bonds. The molecule has 12 atom stereocenters. The van der Waals surface area contributed by atoms with Crippen molar-refractivity contribution in [2.24, 2.45) is 11.3 Å². The Morgan fingerprint density at radius 2 is 1.33 bits per heavy atom. The zero-order chi connectivity index (χ0) is 40.8. The number of carbonyl (C=O) groups is 6. The minimum atomic E-state index is -1.99. The third-order valence-corrected chi connectivity index (χ3v) is 9.51. The second-order valence-electron chi connectivity index (χ2n) is 14.7. The van der Waals surface area contributed by atoms with Gasteiger partial charge in [-0.3, -0.25) is 28.8 Å². The van der Waals surface area contributed by atoms with E-state index in [-0.39, 0.29) is 12.0 Å². The van der Waals surface area contributed by atoms with Crippen LogP contribution in [0.15, 0.2) is 12.2 Å². The van der Waals surface area contributed by atoms with Crippen LogP contribution in [0.1, 0.15) is 82.1 Å². The lowest BCUT2D eigenvalue weighted by molar-refractivity contribution is -0.319. The Bertz CT molecular complexity index is 1410. The van der Waals surface area contributed by atoms with Gasteiger partial charge in [-0.05, 0) is 25.7 Å². The van der Waals surface area contributed by atoms with Crippen LogP contribution < -0.4 is 0 Å². The minimum absolute atomic E-state index is 0.339. The van der Waals surface area contributed by atoms with Gasteiger partial charge in [0.25, 0.3) is 0 Å². The van der Waals surface area contributed by atoms with Gasteiger partial charge in [-0.2, -0.15) is 0 Å². The summed E-state index contributed by atoms with van der Waals surface area (Å²) in [5, 5.41) is 23.1. The molecule has 2 heterocycles. The Morgan fingerprint density at radius 1 is 0.778 bits per heavy atom. The molecule has 0 aromatic rings. The predicted molar refractivity (Wildman–Crippen MR) is 181 cm³/mol. The molecule has 2 saturated heterocycles. The largest absolute Gasteiger partial charge is 0.463 e. The first-order valence-electron chi connectivity index (χ1n) is 17.7. The van der Waals surface area contributed by atoms with Crippen LogP contribution in [0.4, 0.5) is 0 Å². The molecule has 18 heteroatoms. The van der Waals surface area contributed by atoms with E-state index in [0.717, 1.165) is 34.6 Å². The van der Waals surface area contributed by atoms with Gasteiger partial charge in [0.15, 0.2) is 42.6 Å². The molecule has 0 unspecified atom stereocenters. The Balaban J connectivity index is 1.93. The van der Waals surface area contributed by atoms with E-state index in [4.69, 9.17) is 47.4 Å². The van der Waals surface area contributed by atoms with E-state index < -0.39 is 121 Å². The Hall–Kier alpha value is -3.68. The maximum absolute atomic E-state index is 12.4. The van der Waals surface area contributed by atoms with Crippen LogP contribution >= 0.6 is 0 Å². The highest BCUT2D eigenvalue weighted by Gasteiger charge is 2.56. The summed E-state index contributed by atoms with van der Waals surface area (Å²) in [7, 11) is 0. The van der Waals surface area contributed by atoms with E-state index in [0.29, 0.717) is 12.8 Å². The minimum Gasteiger partial charge on any atom is -0.463 e. The molecular weight excluding hydrogens is 720 g/mol. The molecule has 3 aliphatic rings. The van der Waals surface area contributed by atoms with Gasteiger partial charge >= 0.3 is 35.8 Å². The molecular formula is C36H54O18. The maximum Gasteiger partial charge on any atom is 0.303 e. The Morgan fingerprint density at radius 3 is 1.87 bits per heavy atom. The maximum atomic E-state index is 12.4. The van der Waals surface area contributed by atoms with Gasteiger partial charge in [0.2, 0.25) is 0 Å². The summed E-state index contributed by atoms with van der Waals surface area (Å²) in [4.78, 5) is 72.1. The molecule has 1 aliphatic carbocycles. The van der Waals surface area contributed by atoms with Crippen LogP contribution in [-0.2, 0) is 76.1 Å². The lowest BCUT2D eigenvalue weighted by Crippen LogP contribution is -2.63. The summed E-state index contributed by atoms with van der Waals surface area (Å²) >= 11 is 0. The standard InChI is InChI=1S/C36H54O18/c1-18-13-26(49-21(4)38)14-34(9,10)36(18,44)12-11-19(2)48-32-30(52-24(7)41)29(51-23(6)40)28(50-22(5)39)27(54-32)15-45-33-31(53-25(8)42)35(43,17-47-33)16-46-20(3)37/h11-12,18-19,26-33,43-44H,13-17H2,1-10H3/b12-11+/t18-,19-,26+,27-,28-,29+,30-,31+,32-,33-,35-,36-/m1/s1. The monoisotopic (exact) mass is 774 g/mol. The average molecular weight is 775 g/mol. The first kappa shape index (κ1) is 44.7. The number of carbonyl (C=O) groups excluding carboxylic acids is 6. The number of hydrogen-bond acceptors (Lipinski definition) is 18. The van der Waals surface area contributed by atoms with Gasteiger partial charge in [0.1, 0.15) is 18.8 Å². The SMILES string of the molecule is CC(=O)OC[C@@]1(O)CO[C@@H](OC[C@H]2O[C@@H](O[C@H](C)/C=C/[C@@]3(O)[C@H](C)C[C@H](OC(C)=O)CC3(C)C)[C@H](OC(C)=O)[C@@H](OC(C)=O)[C@@H]2OC(C)=O)[C@@H]1OC(C)=O. The van der Waals surface area contributed by atoms with Crippen LogP contribution in [0.2, 0.25) is 0 Å². The number of aliphatic hydroxyl groups is 2. The van der Waals surface area contributed by atoms with Crippen molar-refractivity contribution in [1.29, 1.82) is 0 Å². The molecule has 0 spiro atoms. The molecule has 0 aromatic heterocycles. The fourth-order valence-corrected chi connectivity index (χ4v) is 7.08. The van der Waals surface area contributed by atoms with Crippen LogP contribution in [0.25, 0.3) is 0 Å². The third kappa shape index (κ3) is 11.4. The predicted octanol–water partition coefficient (Wildman–Crippen LogP) is 1.19. The van der Waals surface area contributed by atoms with E-state index in [1.807, 2.05) is 20.8 Å². The average Bonchev–Trinajstić information content (AvgIpc) is 3.33. The second-order valence-corrected chi connectivity index (χ2v) is 14.7. The summed E-state index contributed by atoms with van der Waals surface area (Å²) in [6, 6.07) is 0. The lowest BCUT2D eigenvalue weighted by atomic mass is 9.59. The van der Waals surface area contributed by atoms with Gasteiger partial charge in [0.05, 0.1) is 24.9 Å². The molecule has 2 aliphatic heterocycles. The van der Waals surface area contributed by atoms with Crippen molar-refractivity contribution >= 4 is 35.8 Å². The highest BCUT2D eigenvalue weighted by atomic mass is 16.8. The van der Waals surface area contributed by atoms with Crippen LogP contribution in [0.3, 0.4) is 0 Å². The molecule has 18 nitrogen and oxygen atoms in total. The van der Waals surface area contributed by atoms with Gasteiger partial charge in [-0.15, -0.1) is 0 Å². The van der Waals surface area contributed by atoms with E-state index in [2.05, 4.69) is 0 Å². The fourth-order valence-electron chi connectivity index (χ4n) is 7.08. The van der Waals surface area contributed by atoms with Gasteiger partial charge in [0, 0.05) is 47.0 Å². The van der Waals surface area contributed by atoms with E-state index in [1.165, 1.54) is 6.92 Å². The molecule has 3 rings (SSSR count). The summed E-state index contributed by atoms with van der Waals surface area (Å²) in [5.74, 6) is -4.71. The van der Waals surface area contributed by atoms with E-state index in [9.17, 15) is 39.0 Å². The first-order valence-corrected chi connectivity index (χ1v) is 17.7. The van der Waals surface area contributed by atoms with E-state index in [1.54, 1.807) is 19.1 Å². The van der Waals surface area contributed by atoms with Crippen molar-refractivity contribution in [2.75, 3.05) is 19.8 Å². The molecule has 0 bridgehead atoms. The van der Waals surface area contributed by atoms with E-state index >= 15 is 0 Å². The van der Waals surface area contributed by atoms with Crippen molar-refractivity contribution in [3.8, 4) is 0 Å². The topological polar surface area (TPSA) is 235 Å². The number of ether oxygens (including phenoxy) is 10. The Kier molecular flexibility index (Phi) is 15.2. The summed E-state index contributed by atoms with van der Waals surface area (Å²) in [6.07, 6.45) is -7.41. The van der Waals surface area contributed by atoms with Gasteiger partial charge in [-0.1, -0.05) is 32.9 Å². The van der Waals surface area contributed by atoms with Crippen molar-refractivity contribution in [3.05, 3.63) is 12.2 Å². The normalized spacial score (nSPS) is 35.4. The lowest BCUT2D eigenvalue weighted by Gasteiger charge is -2.51. The molecule has 0 radical (unpaired) electrons. The number of esters is 6. The third-order valence-electron chi connectivity index (χ3n) is 9.51. The van der Waals surface area contributed by atoms with Crippen LogP contribution in [-0.4, -0.2) is 132 Å².